The predicted octanol–water partition coefficient (Wildman–Crippen LogP) is 3.40. The van der Waals surface area contributed by atoms with E-state index >= 15 is 0 Å². The topological polar surface area (TPSA) is 22.1 Å². The van der Waals surface area contributed by atoms with Crippen molar-refractivity contribution in [1.29, 1.82) is 0 Å². The van der Waals surface area contributed by atoms with Gasteiger partial charge in [0.1, 0.15) is 5.82 Å². The highest BCUT2D eigenvalue weighted by Gasteiger charge is 2.10. The van der Waals surface area contributed by atoms with Crippen molar-refractivity contribution < 1.29 is 9.13 Å². The predicted molar refractivity (Wildman–Crippen MR) is 63.0 cm³/mol. The van der Waals surface area contributed by atoms with E-state index in [9.17, 15) is 4.39 Å². The van der Waals surface area contributed by atoms with Gasteiger partial charge in [-0.15, -0.1) is 11.3 Å². The van der Waals surface area contributed by atoms with E-state index < -0.39 is 0 Å². The Bertz CT molecular complexity index is 478. The van der Waals surface area contributed by atoms with Gasteiger partial charge in [-0.3, -0.25) is 0 Å². The van der Waals surface area contributed by atoms with Crippen LogP contribution in [0.4, 0.5) is 4.39 Å². The lowest BCUT2D eigenvalue weighted by Crippen LogP contribution is -1.88. The van der Waals surface area contributed by atoms with Crippen molar-refractivity contribution >= 4 is 11.3 Å². The molecule has 0 atom stereocenters. The lowest BCUT2D eigenvalue weighted by atomic mass is 10.1. The number of halogens is 1. The fourth-order valence-electron chi connectivity index (χ4n) is 1.53. The van der Waals surface area contributed by atoms with E-state index in [0.29, 0.717) is 6.61 Å². The van der Waals surface area contributed by atoms with Gasteiger partial charge in [0.15, 0.2) is 0 Å². The van der Waals surface area contributed by atoms with Crippen molar-refractivity contribution in [1.82, 2.24) is 4.98 Å². The average molecular weight is 237 g/mol. The average Bonchev–Trinajstić information content (AvgIpc) is 2.61. The molecule has 2 nitrogen and oxygen atoms in total. The first-order valence-corrected chi connectivity index (χ1v) is 5.73. The van der Waals surface area contributed by atoms with Crippen LogP contribution in [0.25, 0.3) is 11.3 Å². The Kier molecular flexibility index (Phi) is 3.31. The van der Waals surface area contributed by atoms with Crippen LogP contribution in [0.2, 0.25) is 0 Å². The van der Waals surface area contributed by atoms with E-state index in [1.807, 2.05) is 6.92 Å². The third-order valence-corrected chi connectivity index (χ3v) is 3.14. The van der Waals surface area contributed by atoms with Crippen LogP contribution in [0.15, 0.2) is 24.3 Å². The van der Waals surface area contributed by atoms with Gasteiger partial charge in [-0.2, -0.15) is 0 Å². The molecule has 0 radical (unpaired) electrons. The molecule has 0 unspecified atom stereocenters. The highest BCUT2D eigenvalue weighted by Crippen LogP contribution is 2.28. The molecule has 0 saturated heterocycles. The molecule has 0 saturated carbocycles. The number of hydrogen-bond donors (Lipinski definition) is 0. The molecular formula is C12H12FNOS. The second kappa shape index (κ2) is 4.72. The van der Waals surface area contributed by atoms with Gasteiger partial charge in [0.25, 0.3) is 0 Å². The quantitative estimate of drug-likeness (QED) is 0.816. The van der Waals surface area contributed by atoms with E-state index in [2.05, 4.69) is 4.98 Å². The summed E-state index contributed by atoms with van der Waals surface area (Å²) in [6.07, 6.45) is 0. The van der Waals surface area contributed by atoms with Gasteiger partial charge in [0.05, 0.1) is 22.2 Å². The molecule has 1 aromatic heterocycles. The molecule has 0 bridgehead atoms. The van der Waals surface area contributed by atoms with E-state index in [-0.39, 0.29) is 5.82 Å². The number of aromatic nitrogens is 1. The van der Waals surface area contributed by atoms with E-state index in [4.69, 9.17) is 4.74 Å². The zero-order valence-electron chi connectivity index (χ0n) is 9.16. The van der Waals surface area contributed by atoms with Gasteiger partial charge in [-0.1, -0.05) is 0 Å². The maximum Gasteiger partial charge on any atom is 0.123 e. The third kappa shape index (κ3) is 2.28. The molecule has 0 fully saturated rings. The van der Waals surface area contributed by atoms with Gasteiger partial charge in [-0.25, -0.2) is 9.37 Å². The van der Waals surface area contributed by atoms with E-state index in [0.717, 1.165) is 21.1 Å². The fourth-order valence-corrected chi connectivity index (χ4v) is 2.46. The Morgan fingerprint density at radius 3 is 2.62 bits per heavy atom. The highest BCUT2D eigenvalue weighted by molar-refractivity contribution is 7.12. The number of nitrogens with zero attached hydrogens (tertiary/aromatic N) is 1. The van der Waals surface area contributed by atoms with E-state index in [1.165, 1.54) is 12.1 Å². The summed E-state index contributed by atoms with van der Waals surface area (Å²) in [6.45, 7) is 2.50. The van der Waals surface area contributed by atoms with Crippen LogP contribution in [0.3, 0.4) is 0 Å². The number of methoxy groups -OCH3 is 1. The van der Waals surface area contributed by atoms with Crippen LogP contribution in [-0.2, 0) is 11.3 Å². The smallest absolute Gasteiger partial charge is 0.123 e. The molecule has 0 amide bonds. The minimum atomic E-state index is -0.232. The molecular weight excluding hydrogens is 225 g/mol. The minimum absolute atomic E-state index is 0.232. The largest absolute Gasteiger partial charge is 0.379 e. The first kappa shape index (κ1) is 11.2. The van der Waals surface area contributed by atoms with E-state index in [1.54, 1.807) is 30.6 Å². The number of aryl methyl sites for hydroxylation is 1. The number of thiazole rings is 1. The molecule has 1 aromatic carbocycles. The van der Waals surface area contributed by atoms with Crippen molar-refractivity contribution in [3.8, 4) is 11.3 Å². The van der Waals surface area contributed by atoms with Crippen molar-refractivity contribution in [2.45, 2.75) is 13.5 Å². The van der Waals surface area contributed by atoms with Gasteiger partial charge in [0.2, 0.25) is 0 Å². The number of ether oxygens (including phenoxy) is 1. The first-order valence-electron chi connectivity index (χ1n) is 4.92. The van der Waals surface area contributed by atoms with Gasteiger partial charge < -0.3 is 4.74 Å². The SMILES string of the molecule is COCc1sc(C)nc1-c1ccc(F)cc1. The summed E-state index contributed by atoms with van der Waals surface area (Å²) in [5.74, 6) is -0.232. The molecule has 2 aromatic rings. The summed E-state index contributed by atoms with van der Waals surface area (Å²) in [6, 6.07) is 6.37. The van der Waals surface area contributed by atoms with Crippen LogP contribution in [-0.4, -0.2) is 12.1 Å². The molecule has 4 heteroatoms. The molecule has 0 aliphatic carbocycles. The second-order valence-corrected chi connectivity index (χ2v) is 4.73. The molecule has 84 valence electrons. The van der Waals surface area contributed by atoms with Crippen LogP contribution >= 0.6 is 11.3 Å². The Morgan fingerprint density at radius 1 is 1.31 bits per heavy atom. The van der Waals surface area contributed by atoms with Crippen LogP contribution in [0.1, 0.15) is 9.88 Å². The molecule has 0 aliphatic rings. The Morgan fingerprint density at radius 2 is 2.00 bits per heavy atom. The molecule has 1 heterocycles. The molecule has 0 N–H and O–H groups in total. The summed E-state index contributed by atoms with van der Waals surface area (Å²) in [7, 11) is 1.66. The van der Waals surface area contributed by atoms with Crippen molar-refractivity contribution in [2.24, 2.45) is 0 Å². The first-order chi connectivity index (χ1) is 7.70. The third-order valence-electron chi connectivity index (χ3n) is 2.20. The summed E-state index contributed by atoms with van der Waals surface area (Å²) >= 11 is 1.61. The van der Waals surface area contributed by atoms with Crippen molar-refractivity contribution in [3.63, 3.8) is 0 Å². The Hall–Kier alpha value is -1.26. The second-order valence-electron chi connectivity index (χ2n) is 3.44. The van der Waals surface area contributed by atoms with Crippen molar-refractivity contribution in [2.75, 3.05) is 7.11 Å². The standard InChI is InChI=1S/C12H12FNOS/c1-8-14-12(11(16-8)7-15-2)9-3-5-10(13)6-4-9/h3-6H,7H2,1-2H3. The van der Waals surface area contributed by atoms with Gasteiger partial charge >= 0.3 is 0 Å². The molecule has 16 heavy (non-hydrogen) atoms. The van der Waals surface area contributed by atoms with Gasteiger partial charge in [-0.05, 0) is 31.2 Å². The molecule has 0 aliphatic heterocycles. The van der Waals surface area contributed by atoms with Crippen molar-refractivity contribution in [3.05, 3.63) is 40.0 Å². The number of rotatable bonds is 3. The fraction of sp³-hybridized carbons (Fsp3) is 0.250. The summed E-state index contributed by atoms with van der Waals surface area (Å²) in [4.78, 5) is 5.52. The zero-order valence-corrected chi connectivity index (χ0v) is 9.97. The van der Waals surface area contributed by atoms with Gasteiger partial charge in [0, 0.05) is 12.7 Å². The normalized spacial score (nSPS) is 10.7. The summed E-state index contributed by atoms with van der Waals surface area (Å²) in [5.41, 5.74) is 1.82. The molecule has 2 rings (SSSR count). The lowest BCUT2D eigenvalue weighted by molar-refractivity contribution is 0.188. The van der Waals surface area contributed by atoms with Crippen LogP contribution in [0.5, 0.6) is 0 Å². The maximum absolute atomic E-state index is 12.8. The number of hydrogen-bond acceptors (Lipinski definition) is 3. The number of benzene rings is 1. The highest BCUT2D eigenvalue weighted by atomic mass is 32.1. The monoisotopic (exact) mass is 237 g/mol. The zero-order chi connectivity index (χ0) is 11.5. The summed E-state index contributed by atoms with van der Waals surface area (Å²) < 4.78 is 17.9. The maximum atomic E-state index is 12.8. The van der Waals surface area contributed by atoms with Crippen LogP contribution in [0, 0.1) is 12.7 Å². The van der Waals surface area contributed by atoms with Crippen LogP contribution < -0.4 is 0 Å². The molecule has 0 spiro atoms. The lowest BCUT2D eigenvalue weighted by Gasteiger charge is -2.01. The Labute approximate surface area is 97.7 Å². The Balaban J connectivity index is 2.42. The minimum Gasteiger partial charge on any atom is -0.379 e. The summed E-state index contributed by atoms with van der Waals surface area (Å²) in [5, 5.41) is 0.992.